The van der Waals surface area contributed by atoms with Crippen molar-refractivity contribution in [1.82, 2.24) is 0 Å². The second kappa shape index (κ2) is 6.64. The average molecular weight is 383 g/mol. The van der Waals surface area contributed by atoms with E-state index in [4.69, 9.17) is 0 Å². The van der Waals surface area contributed by atoms with Gasteiger partial charge in [0.25, 0.3) is 0 Å². The minimum absolute atomic E-state index is 0.131. The van der Waals surface area contributed by atoms with Crippen LogP contribution in [0, 0.1) is 0 Å². The van der Waals surface area contributed by atoms with Gasteiger partial charge >= 0.3 is 146 Å². The Hall–Kier alpha value is -1.98. The van der Waals surface area contributed by atoms with Crippen molar-refractivity contribution in [3.63, 3.8) is 0 Å². The second-order valence-electron chi connectivity index (χ2n) is 5.64. The minimum atomic E-state index is 0.131. The molecule has 2 aromatic carbocycles. The summed E-state index contributed by atoms with van der Waals surface area (Å²) in [4.78, 5) is 0. The first-order chi connectivity index (χ1) is 11.4. The number of rotatable bonds is 4. The number of benzene rings is 2. The SMILES string of the molecule is C1=CC(c2ccccc2)=[C]([Ru][C]2=C(c3ccccc3)C=CC2)C1. The molecule has 2 aromatic rings. The van der Waals surface area contributed by atoms with Gasteiger partial charge in [0.05, 0.1) is 0 Å². The summed E-state index contributed by atoms with van der Waals surface area (Å²) in [5.74, 6) is 0. The molecule has 0 N–H and O–H groups in total. The van der Waals surface area contributed by atoms with Crippen LogP contribution in [0.15, 0.2) is 93.3 Å². The van der Waals surface area contributed by atoms with Crippen LogP contribution in [-0.4, -0.2) is 0 Å². The topological polar surface area (TPSA) is 0 Å². The molecule has 0 atom stereocenters. The third-order valence-corrected chi connectivity index (χ3v) is 6.80. The van der Waals surface area contributed by atoms with E-state index in [2.05, 4.69) is 85.0 Å². The van der Waals surface area contributed by atoms with Gasteiger partial charge in [-0.25, -0.2) is 0 Å². The Kier molecular flexibility index (Phi) is 4.22. The normalized spacial score (nSPS) is 16.9. The summed E-state index contributed by atoms with van der Waals surface area (Å²) in [6.07, 6.45) is 11.5. The first-order valence-electron chi connectivity index (χ1n) is 7.94. The van der Waals surface area contributed by atoms with Gasteiger partial charge in [-0.3, -0.25) is 0 Å². The van der Waals surface area contributed by atoms with Crippen molar-refractivity contribution in [3.8, 4) is 0 Å². The Bertz CT molecular complexity index is 749. The molecular formula is C22H18Ru. The van der Waals surface area contributed by atoms with Crippen LogP contribution in [0.25, 0.3) is 11.1 Å². The van der Waals surface area contributed by atoms with Crippen molar-refractivity contribution in [2.75, 3.05) is 0 Å². The summed E-state index contributed by atoms with van der Waals surface area (Å²) in [5.41, 5.74) is 5.63. The van der Waals surface area contributed by atoms with Gasteiger partial charge in [0.2, 0.25) is 0 Å². The number of allylic oxidation sites excluding steroid dienone is 8. The maximum absolute atomic E-state index is 2.32. The second-order valence-corrected chi connectivity index (χ2v) is 8.17. The fourth-order valence-electron chi connectivity index (χ4n) is 2.98. The van der Waals surface area contributed by atoms with Crippen LogP contribution in [-0.2, 0) is 17.1 Å². The molecular weight excluding hydrogens is 365 g/mol. The fourth-order valence-corrected chi connectivity index (χ4v) is 5.64. The number of hydrogen-bond donors (Lipinski definition) is 0. The summed E-state index contributed by atoms with van der Waals surface area (Å²) in [5, 5.41) is 0. The first kappa shape index (κ1) is 14.6. The molecule has 0 aliphatic heterocycles. The molecule has 0 saturated heterocycles. The summed E-state index contributed by atoms with van der Waals surface area (Å²) < 4.78 is 3.27. The van der Waals surface area contributed by atoms with Crippen molar-refractivity contribution < 1.29 is 17.1 Å². The van der Waals surface area contributed by atoms with Crippen LogP contribution >= 0.6 is 0 Å². The van der Waals surface area contributed by atoms with E-state index in [9.17, 15) is 0 Å². The molecule has 2 aliphatic rings. The molecule has 0 heterocycles. The van der Waals surface area contributed by atoms with E-state index in [1.165, 1.54) is 22.3 Å². The van der Waals surface area contributed by atoms with Gasteiger partial charge < -0.3 is 0 Å². The Balaban J connectivity index is 1.67. The van der Waals surface area contributed by atoms with Crippen LogP contribution in [0.2, 0.25) is 0 Å². The molecule has 23 heavy (non-hydrogen) atoms. The Morgan fingerprint density at radius 2 is 1.00 bits per heavy atom. The van der Waals surface area contributed by atoms with Gasteiger partial charge in [-0.2, -0.15) is 0 Å². The molecule has 0 bridgehead atoms. The Morgan fingerprint density at radius 3 is 1.43 bits per heavy atom. The molecule has 2 aliphatic carbocycles. The quantitative estimate of drug-likeness (QED) is 0.585. The van der Waals surface area contributed by atoms with E-state index < -0.39 is 0 Å². The molecule has 0 unspecified atom stereocenters. The van der Waals surface area contributed by atoms with E-state index in [1.807, 2.05) is 0 Å². The van der Waals surface area contributed by atoms with Crippen LogP contribution in [0.5, 0.6) is 0 Å². The fraction of sp³-hybridized carbons (Fsp3) is 0.0909. The summed E-state index contributed by atoms with van der Waals surface area (Å²) >= 11 is 0.131. The first-order valence-corrected chi connectivity index (χ1v) is 9.68. The van der Waals surface area contributed by atoms with E-state index in [0.717, 1.165) is 12.8 Å². The molecule has 114 valence electrons. The van der Waals surface area contributed by atoms with Crippen LogP contribution < -0.4 is 0 Å². The van der Waals surface area contributed by atoms with Crippen LogP contribution in [0.4, 0.5) is 0 Å². The van der Waals surface area contributed by atoms with Crippen molar-refractivity contribution in [3.05, 3.63) is 104 Å². The van der Waals surface area contributed by atoms with E-state index in [1.54, 1.807) is 8.33 Å². The molecule has 0 spiro atoms. The summed E-state index contributed by atoms with van der Waals surface area (Å²) in [6.45, 7) is 0. The van der Waals surface area contributed by atoms with Crippen molar-refractivity contribution >= 4 is 11.1 Å². The molecule has 0 fully saturated rings. The maximum atomic E-state index is 2.32. The monoisotopic (exact) mass is 384 g/mol. The zero-order valence-corrected chi connectivity index (χ0v) is 14.6. The standard InChI is InChI=1S/2C11H9.Ru/c2*1-2-6-10(7-3-1)11-8-4-5-9-11;/h2*1-4,6-8H,5H2;. The average Bonchev–Trinajstić information content (AvgIpc) is 3.26. The molecule has 0 amide bonds. The van der Waals surface area contributed by atoms with Gasteiger partial charge in [-0.15, -0.1) is 0 Å². The van der Waals surface area contributed by atoms with E-state index >= 15 is 0 Å². The van der Waals surface area contributed by atoms with Crippen molar-refractivity contribution in [2.45, 2.75) is 12.8 Å². The van der Waals surface area contributed by atoms with E-state index in [0.29, 0.717) is 0 Å². The van der Waals surface area contributed by atoms with Crippen molar-refractivity contribution in [1.29, 1.82) is 0 Å². The Morgan fingerprint density at radius 1 is 0.565 bits per heavy atom. The molecule has 1 heteroatoms. The van der Waals surface area contributed by atoms with Gasteiger partial charge in [0.1, 0.15) is 0 Å². The summed E-state index contributed by atoms with van der Waals surface area (Å²) in [6, 6.07) is 21.6. The third-order valence-electron chi connectivity index (χ3n) is 4.11. The summed E-state index contributed by atoms with van der Waals surface area (Å²) in [7, 11) is 0. The van der Waals surface area contributed by atoms with E-state index in [-0.39, 0.29) is 17.1 Å². The zero-order chi connectivity index (χ0) is 15.5. The number of hydrogen-bond acceptors (Lipinski definition) is 0. The Labute approximate surface area is 145 Å². The zero-order valence-electron chi connectivity index (χ0n) is 12.9. The molecule has 0 saturated carbocycles. The van der Waals surface area contributed by atoms with Crippen molar-refractivity contribution in [2.24, 2.45) is 0 Å². The molecule has 0 aromatic heterocycles. The van der Waals surface area contributed by atoms with Crippen LogP contribution in [0.1, 0.15) is 24.0 Å². The van der Waals surface area contributed by atoms with Gasteiger partial charge in [0.15, 0.2) is 0 Å². The van der Waals surface area contributed by atoms with Gasteiger partial charge in [-0.1, -0.05) is 0 Å². The molecule has 0 nitrogen and oxygen atoms in total. The predicted octanol–water partition coefficient (Wildman–Crippen LogP) is 5.81. The molecule has 4 rings (SSSR count). The third kappa shape index (κ3) is 3.07. The van der Waals surface area contributed by atoms with Gasteiger partial charge in [-0.05, 0) is 0 Å². The van der Waals surface area contributed by atoms with Gasteiger partial charge in [0, 0.05) is 0 Å². The van der Waals surface area contributed by atoms with Crippen LogP contribution in [0.3, 0.4) is 0 Å². The predicted molar refractivity (Wildman–Crippen MR) is 94.2 cm³/mol. The molecule has 0 radical (unpaired) electrons.